The molecule has 5 nitrogen and oxygen atoms in total. The Morgan fingerprint density at radius 2 is 1.62 bits per heavy atom. The summed E-state index contributed by atoms with van der Waals surface area (Å²) in [6.45, 7) is 1.30. The molecule has 0 aliphatic carbocycles. The molecular weight excluding hydrogens is 386 g/mol. The summed E-state index contributed by atoms with van der Waals surface area (Å²) < 4.78 is 0. The van der Waals surface area contributed by atoms with Crippen molar-refractivity contribution < 1.29 is 9.90 Å². The van der Waals surface area contributed by atoms with Gasteiger partial charge in [0.05, 0.1) is 12.5 Å². The molecule has 1 aromatic heterocycles. The molecule has 0 aliphatic rings. The van der Waals surface area contributed by atoms with E-state index in [2.05, 4.69) is 15.6 Å². The molecule has 3 N–H and O–H groups in total. The molecule has 29 heavy (non-hydrogen) atoms. The van der Waals surface area contributed by atoms with Crippen LogP contribution in [0, 0.1) is 0 Å². The van der Waals surface area contributed by atoms with E-state index < -0.39 is 6.10 Å². The second-order valence-corrected chi connectivity index (χ2v) is 6.66. The summed E-state index contributed by atoms with van der Waals surface area (Å²) >= 11 is 0. The standard InChI is InChI=1S/C23H25N3O2.ClH/c27-22(20-4-2-1-3-5-20)17-25-15-10-18-6-8-21(9-7-18)26-23(28)16-19-11-13-24-14-12-19;/h1-9,11-14,22,25,27H,10,15-17H2,(H,26,28);1H/t22-;/m0./s1. The molecule has 6 heteroatoms. The highest BCUT2D eigenvalue weighted by atomic mass is 35.5. The zero-order chi connectivity index (χ0) is 19.6. The number of rotatable bonds is 9. The number of anilines is 1. The topological polar surface area (TPSA) is 74.2 Å². The van der Waals surface area contributed by atoms with Crippen LogP contribution in [0.15, 0.2) is 79.1 Å². The van der Waals surface area contributed by atoms with Gasteiger partial charge in [-0.2, -0.15) is 0 Å². The number of aliphatic hydroxyl groups excluding tert-OH is 1. The lowest BCUT2D eigenvalue weighted by molar-refractivity contribution is -0.115. The lowest BCUT2D eigenvalue weighted by Crippen LogP contribution is -2.23. The molecule has 0 saturated carbocycles. The normalized spacial score (nSPS) is 11.3. The third kappa shape index (κ3) is 7.66. The summed E-state index contributed by atoms with van der Waals surface area (Å²) in [7, 11) is 0. The summed E-state index contributed by atoms with van der Waals surface area (Å²) in [4.78, 5) is 16.0. The number of nitrogens with zero attached hydrogens (tertiary/aromatic N) is 1. The van der Waals surface area contributed by atoms with Gasteiger partial charge in [-0.25, -0.2) is 0 Å². The molecule has 3 rings (SSSR count). The first kappa shape index (κ1) is 22.6. The van der Waals surface area contributed by atoms with E-state index in [0.717, 1.165) is 29.8 Å². The molecule has 0 radical (unpaired) electrons. The fourth-order valence-corrected chi connectivity index (χ4v) is 2.91. The lowest BCUT2D eigenvalue weighted by atomic mass is 10.1. The van der Waals surface area contributed by atoms with Crippen LogP contribution in [0.3, 0.4) is 0 Å². The van der Waals surface area contributed by atoms with Crippen LogP contribution in [0.1, 0.15) is 22.8 Å². The number of pyridine rings is 1. The monoisotopic (exact) mass is 411 g/mol. The number of carbonyl (C=O) groups is 1. The van der Waals surface area contributed by atoms with E-state index in [-0.39, 0.29) is 18.3 Å². The second kappa shape index (κ2) is 12.0. The molecule has 152 valence electrons. The molecule has 3 aromatic rings. The van der Waals surface area contributed by atoms with Gasteiger partial charge in [-0.1, -0.05) is 42.5 Å². The Bertz CT molecular complexity index is 858. The first-order valence-corrected chi connectivity index (χ1v) is 9.42. The highest BCUT2D eigenvalue weighted by molar-refractivity contribution is 5.92. The summed E-state index contributed by atoms with van der Waals surface area (Å²) in [6.07, 6.45) is 4.05. The smallest absolute Gasteiger partial charge is 0.228 e. The van der Waals surface area contributed by atoms with Crippen molar-refractivity contribution in [1.29, 1.82) is 0 Å². The van der Waals surface area contributed by atoms with Gasteiger partial charge in [0.2, 0.25) is 5.91 Å². The van der Waals surface area contributed by atoms with Crippen molar-refractivity contribution in [2.24, 2.45) is 0 Å². The third-order valence-corrected chi connectivity index (χ3v) is 4.46. The number of benzene rings is 2. The van der Waals surface area contributed by atoms with Gasteiger partial charge in [-0.3, -0.25) is 9.78 Å². The van der Waals surface area contributed by atoms with E-state index in [0.29, 0.717) is 13.0 Å². The van der Waals surface area contributed by atoms with E-state index in [9.17, 15) is 9.90 Å². The van der Waals surface area contributed by atoms with E-state index in [1.165, 1.54) is 5.56 Å². The summed E-state index contributed by atoms with van der Waals surface area (Å²) in [6, 6.07) is 21.2. The van der Waals surface area contributed by atoms with Gasteiger partial charge in [0.25, 0.3) is 0 Å². The lowest BCUT2D eigenvalue weighted by Gasteiger charge is -2.12. The van der Waals surface area contributed by atoms with E-state index in [1.807, 2.05) is 66.7 Å². The highest BCUT2D eigenvalue weighted by Gasteiger charge is 2.06. The fourth-order valence-electron chi connectivity index (χ4n) is 2.91. The maximum Gasteiger partial charge on any atom is 0.228 e. The van der Waals surface area contributed by atoms with Crippen LogP contribution in [-0.4, -0.2) is 29.1 Å². The summed E-state index contributed by atoms with van der Waals surface area (Å²) in [5.41, 5.74) is 3.82. The second-order valence-electron chi connectivity index (χ2n) is 6.66. The average Bonchev–Trinajstić information content (AvgIpc) is 2.73. The largest absolute Gasteiger partial charge is 0.387 e. The van der Waals surface area contributed by atoms with Crippen molar-refractivity contribution in [3.63, 3.8) is 0 Å². The van der Waals surface area contributed by atoms with Gasteiger partial charge in [0.1, 0.15) is 0 Å². The van der Waals surface area contributed by atoms with Crippen LogP contribution in [0.4, 0.5) is 5.69 Å². The summed E-state index contributed by atoms with van der Waals surface area (Å²) in [5.74, 6) is -0.0458. The zero-order valence-electron chi connectivity index (χ0n) is 16.1. The Morgan fingerprint density at radius 3 is 2.31 bits per heavy atom. The van der Waals surface area contributed by atoms with Crippen LogP contribution in [-0.2, 0) is 17.6 Å². The van der Waals surface area contributed by atoms with E-state index >= 15 is 0 Å². The molecule has 1 amide bonds. The minimum atomic E-state index is -0.501. The van der Waals surface area contributed by atoms with Crippen LogP contribution in [0.5, 0.6) is 0 Å². The number of carbonyl (C=O) groups excluding carboxylic acids is 1. The molecular formula is C23H26ClN3O2. The number of hydrogen-bond donors (Lipinski definition) is 3. The first-order chi connectivity index (χ1) is 13.7. The van der Waals surface area contributed by atoms with Crippen molar-refractivity contribution in [1.82, 2.24) is 10.3 Å². The molecule has 0 spiro atoms. The van der Waals surface area contributed by atoms with E-state index in [1.54, 1.807) is 12.4 Å². The Morgan fingerprint density at radius 1 is 0.931 bits per heavy atom. The number of halogens is 1. The number of nitrogens with one attached hydrogen (secondary N) is 2. The minimum Gasteiger partial charge on any atom is -0.387 e. The quantitative estimate of drug-likeness (QED) is 0.471. The zero-order valence-corrected chi connectivity index (χ0v) is 16.9. The maximum atomic E-state index is 12.1. The Labute approximate surface area is 177 Å². The van der Waals surface area contributed by atoms with Gasteiger partial charge in [0.15, 0.2) is 0 Å². The van der Waals surface area contributed by atoms with Crippen molar-refractivity contribution in [2.45, 2.75) is 18.9 Å². The fraction of sp³-hybridized carbons (Fsp3) is 0.217. The number of aromatic nitrogens is 1. The molecule has 1 heterocycles. The SMILES string of the molecule is Cl.O=C(Cc1ccncc1)Nc1ccc(CCNC[C@H](O)c2ccccc2)cc1. The number of amides is 1. The molecule has 0 unspecified atom stereocenters. The minimum absolute atomic E-state index is 0. The molecule has 0 saturated heterocycles. The van der Waals surface area contributed by atoms with E-state index in [4.69, 9.17) is 0 Å². The molecule has 1 atom stereocenters. The molecule has 0 fully saturated rings. The predicted octanol–water partition coefficient (Wildman–Crippen LogP) is 3.55. The number of hydrogen-bond acceptors (Lipinski definition) is 4. The first-order valence-electron chi connectivity index (χ1n) is 9.42. The highest BCUT2D eigenvalue weighted by Crippen LogP contribution is 2.12. The van der Waals surface area contributed by atoms with Gasteiger partial charge in [-0.05, 0) is 53.9 Å². The molecule has 0 aliphatic heterocycles. The van der Waals surface area contributed by atoms with Gasteiger partial charge < -0.3 is 15.7 Å². The maximum absolute atomic E-state index is 12.1. The summed E-state index contributed by atoms with van der Waals surface area (Å²) in [5, 5.41) is 16.3. The van der Waals surface area contributed by atoms with Gasteiger partial charge in [-0.15, -0.1) is 12.4 Å². The van der Waals surface area contributed by atoms with Gasteiger partial charge >= 0.3 is 0 Å². The third-order valence-electron chi connectivity index (χ3n) is 4.46. The van der Waals surface area contributed by atoms with Crippen LogP contribution in [0.25, 0.3) is 0 Å². The van der Waals surface area contributed by atoms with Crippen molar-refractivity contribution >= 4 is 24.0 Å². The predicted molar refractivity (Wildman–Crippen MR) is 118 cm³/mol. The molecule has 0 bridgehead atoms. The molecule has 2 aromatic carbocycles. The van der Waals surface area contributed by atoms with Gasteiger partial charge in [0, 0.05) is 24.6 Å². The van der Waals surface area contributed by atoms with Crippen molar-refractivity contribution in [3.05, 3.63) is 95.8 Å². The van der Waals surface area contributed by atoms with Crippen molar-refractivity contribution in [3.8, 4) is 0 Å². The van der Waals surface area contributed by atoms with Crippen molar-refractivity contribution in [2.75, 3.05) is 18.4 Å². The number of aliphatic hydroxyl groups is 1. The van der Waals surface area contributed by atoms with Crippen LogP contribution in [0.2, 0.25) is 0 Å². The van der Waals surface area contributed by atoms with Crippen LogP contribution >= 0.6 is 12.4 Å². The van der Waals surface area contributed by atoms with Crippen LogP contribution < -0.4 is 10.6 Å². The Hall–Kier alpha value is -2.73. The average molecular weight is 412 g/mol. The Kier molecular flexibility index (Phi) is 9.31. The Balaban J connectivity index is 0.00000300.